The summed E-state index contributed by atoms with van der Waals surface area (Å²) in [6.07, 6.45) is 4.20. The van der Waals surface area contributed by atoms with Gasteiger partial charge in [-0.3, -0.25) is 4.79 Å². The maximum Gasteiger partial charge on any atom is 0.269 e. The van der Waals surface area contributed by atoms with Crippen LogP contribution in [-0.2, 0) is 10.0 Å². The van der Waals surface area contributed by atoms with Crippen molar-refractivity contribution in [1.82, 2.24) is 19.5 Å². The molecule has 7 nitrogen and oxygen atoms in total. The maximum atomic E-state index is 12.9. The van der Waals surface area contributed by atoms with Gasteiger partial charge in [-0.25, -0.2) is 12.4 Å². The molecule has 9 heteroatoms. The Morgan fingerprint density at radius 3 is 2.46 bits per heavy atom. The summed E-state index contributed by atoms with van der Waals surface area (Å²) >= 11 is 6.10. The van der Waals surface area contributed by atoms with Gasteiger partial charge in [-0.15, -0.1) is 10.2 Å². The zero-order valence-corrected chi connectivity index (χ0v) is 17.1. The molecule has 28 heavy (non-hydrogen) atoms. The van der Waals surface area contributed by atoms with Crippen LogP contribution in [0.5, 0.6) is 0 Å². The van der Waals surface area contributed by atoms with Gasteiger partial charge < -0.3 is 5.32 Å². The molecule has 1 aromatic carbocycles. The van der Waals surface area contributed by atoms with Crippen molar-refractivity contribution >= 4 is 38.4 Å². The highest BCUT2D eigenvalue weighted by molar-refractivity contribution is 7.90. The highest BCUT2D eigenvalue weighted by Crippen LogP contribution is 2.27. The minimum atomic E-state index is -3.88. The van der Waals surface area contributed by atoms with Crippen molar-refractivity contribution in [3.05, 3.63) is 65.6 Å². The molecule has 0 saturated heterocycles. The summed E-state index contributed by atoms with van der Waals surface area (Å²) < 4.78 is 26.8. The third kappa shape index (κ3) is 3.93. The molecule has 0 aliphatic rings. The largest absolute Gasteiger partial charge is 0.386 e. The standard InChI is InChI=1S/C19H19ClN4O3S/c1-19(2,3)21-11-9-15(25)16-14-10-12-24(18(14)23-22-17(16)20)28(26,27)13-7-5-4-6-8-13/h4-12,21H,1-3H3. The Morgan fingerprint density at radius 2 is 1.82 bits per heavy atom. The Hall–Kier alpha value is -2.71. The number of aromatic nitrogens is 3. The molecule has 0 spiro atoms. The number of nitrogens with zero attached hydrogens (tertiary/aromatic N) is 3. The normalized spacial score (nSPS) is 12.6. The minimum absolute atomic E-state index is 0.0359. The second-order valence-corrected chi connectivity index (χ2v) is 9.30. The van der Waals surface area contributed by atoms with E-state index in [0.29, 0.717) is 5.39 Å². The first-order chi connectivity index (χ1) is 13.1. The summed E-state index contributed by atoms with van der Waals surface area (Å²) in [5.74, 6) is -0.406. The summed E-state index contributed by atoms with van der Waals surface area (Å²) in [7, 11) is -3.88. The van der Waals surface area contributed by atoms with Gasteiger partial charge in [0.25, 0.3) is 10.0 Å². The number of halogens is 1. The van der Waals surface area contributed by atoms with E-state index in [0.717, 1.165) is 3.97 Å². The molecule has 2 aromatic heterocycles. The van der Waals surface area contributed by atoms with Crippen LogP contribution in [0.1, 0.15) is 31.1 Å². The Kier molecular flexibility index (Phi) is 5.27. The van der Waals surface area contributed by atoms with Gasteiger partial charge in [0.15, 0.2) is 16.6 Å². The lowest BCUT2D eigenvalue weighted by Crippen LogP contribution is -2.31. The van der Waals surface area contributed by atoms with Gasteiger partial charge >= 0.3 is 0 Å². The fraction of sp³-hybridized carbons (Fsp3) is 0.211. The molecular weight excluding hydrogens is 400 g/mol. The smallest absolute Gasteiger partial charge is 0.269 e. The lowest BCUT2D eigenvalue weighted by Gasteiger charge is -2.18. The van der Waals surface area contributed by atoms with E-state index in [4.69, 9.17) is 11.6 Å². The van der Waals surface area contributed by atoms with Crippen molar-refractivity contribution in [2.45, 2.75) is 31.2 Å². The molecule has 0 fully saturated rings. The fourth-order valence-electron chi connectivity index (χ4n) is 2.54. The molecule has 0 bridgehead atoms. The monoisotopic (exact) mass is 418 g/mol. The maximum absolute atomic E-state index is 12.9. The van der Waals surface area contributed by atoms with Gasteiger partial charge in [-0.2, -0.15) is 0 Å². The number of ketones is 1. The first kappa shape index (κ1) is 20.0. The van der Waals surface area contributed by atoms with Crippen LogP contribution in [0.2, 0.25) is 5.15 Å². The summed E-state index contributed by atoms with van der Waals surface area (Å²) in [5, 5.41) is 11.0. The van der Waals surface area contributed by atoms with Crippen LogP contribution in [0.4, 0.5) is 0 Å². The van der Waals surface area contributed by atoms with Crippen molar-refractivity contribution in [3.8, 4) is 0 Å². The number of fused-ring (bicyclic) bond motifs is 1. The SMILES string of the molecule is CC(C)(C)NC=CC(=O)c1c(Cl)nnc2c1ccn2S(=O)(=O)c1ccccc1. The highest BCUT2D eigenvalue weighted by atomic mass is 35.5. The van der Waals surface area contributed by atoms with Crippen LogP contribution in [0.3, 0.4) is 0 Å². The summed E-state index contributed by atoms with van der Waals surface area (Å²) in [6.45, 7) is 5.86. The molecule has 3 aromatic rings. The van der Waals surface area contributed by atoms with E-state index in [1.165, 1.54) is 36.7 Å². The molecular formula is C19H19ClN4O3S. The van der Waals surface area contributed by atoms with Crippen molar-refractivity contribution < 1.29 is 13.2 Å². The number of benzene rings is 1. The van der Waals surface area contributed by atoms with Crippen molar-refractivity contribution in [1.29, 1.82) is 0 Å². The van der Waals surface area contributed by atoms with Crippen molar-refractivity contribution in [3.63, 3.8) is 0 Å². The molecule has 0 unspecified atom stereocenters. The summed E-state index contributed by atoms with van der Waals surface area (Å²) in [4.78, 5) is 12.8. The lowest BCUT2D eigenvalue weighted by molar-refractivity contribution is 0.104. The molecule has 2 heterocycles. The number of carbonyl (C=O) groups excluding carboxylic acids is 1. The van der Waals surface area contributed by atoms with E-state index in [9.17, 15) is 13.2 Å². The number of carbonyl (C=O) groups is 1. The summed E-state index contributed by atoms with van der Waals surface area (Å²) in [6, 6.07) is 9.44. The minimum Gasteiger partial charge on any atom is -0.386 e. The van der Waals surface area contributed by atoms with Crippen molar-refractivity contribution in [2.75, 3.05) is 0 Å². The first-order valence-corrected chi connectivity index (χ1v) is 10.3. The van der Waals surface area contributed by atoms with E-state index in [-0.39, 0.29) is 26.8 Å². The van der Waals surface area contributed by atoms with Gasteiger partial charge in [0.2, 0.25) is 0 Å². The zero-order valence-electron chi connectivity index (χ0n) is 15.5. The molecule has 3 rings (SSSR count). The zero-order chi connectivity index (χ0) is 20.5. The number of hydrogen-bond acceptors (Lipinski definition) is 6. The van der Waals surface area contributed by atoms with E-state index in [1.54, 1.807) is 18.2 Å². The number of nitrogens with one attached hydrogen (secondary N) is 1. The van der Waals surface area contributed by atoms with E-state index in [1.807, 2.05) is 20.8 Å². The van der Waals surface area contributed by atoms with Crippen LogP contribution in [0, 0.1) is 0 Å². The number of allylic oxidation sites excluding steroid dienone is 1. The van der Waals surface area contributed by atoms with Crippen LogP contribution in [0.25, 0.3) is 11.0 Å². The van der Waals surface area contributed by atoms with Gasteiger partial charge in [-0.05, 0) is 39.0 Å². The number of rotatable bonds is 5. The fourth-order valence-corrected chi connectivity index (χ4v) is 4.08. The average Bonchev–Trinajstić information content (AvgIpc) is 3.05. The third-order valence-electron chi connectivity index (χ3n) is 3.83. The Balaban J connectivity index is 2.08. The summed E-state index contributed by atoms with van der Waals surface area (Å²) in [5.41, 5.74) is -0.0751. The van der Waals surface area contributed by atoms with Crippen molar-refractivity contribution in [2.24, 2.45) is 0 Å². The molecule has 1 N–H and O–H groups in total. The second kappa shape index (κ2) is 7.37. The van der Waals surface area contributed by atoms with E-state index in [2.05, 4.69) is 15.5 Å². The molecule has 0 amide bonds. The van der Waals surface area contributed by atoms with E-state index >= 15 is 0 Å². The predicted molar refractivity (Wildman–Crippen MR) is 108 cm³/mol. The topological polar surface area (TPSA) is 93.9 Å². The van der Waals surface area contributed by atoms with Gasteiger partial charge in [0.1, 0.15) is 0 Å². The molecule has 0 saturated carbocycles. The van der Waals surface area contributed by atoms with Crippen LogP contribution >= 0.6 is 11.6 Å². The van der Waals surface area contributed by atoms with Crippen LogP contribution in [-0.4, -0.2) is 33.9 Å². The molecule has 0 radical (unpaired) electrons. The van der Waals surface area contributed by atoms with E-state index < -0.39 is 15.8 Å². The third-order valence-corrected chi connectivity index (χ3v) is 5.78. The molecule has 0 aliphatic carbocycles. The Bertz CT molecular complexity index is 1160. The second-order valence-electron chi connectivity index (χ2n) is 7.12. The average molecular weight is 419 g/mol. The lowest BCUT2D eigenvalue weighted by atomic mass is 10.1. The molecule has 0 atom stereocenters. The van der Waals surface area contributed by atoms with Crippen LogP contribution in [0.15, 0.2) is 59.8 Å². The quantitative estimate of drug-likeness (QED) is 0.504. The molecule has 0 aliphatic heterocycles. The van der Waals surface area contributed by atoms with Gasteiger partial charge in [0.05, 0.1) is 10.5 Å². The first-order valence-electron chi connectivity index (χ1n) is 8.44. The Morgan fingerprint density at radius 1 is 1.14 bits per heavy atom. The predicted octanol–water partition coefficient (Wildman–Crippen LogP) is 3.41. The van der Waals surface area contributed by atoms with Gasteiger partial charge in [0, 0.05) is 29.4 Å². The van der Waals surface area contributed by atoms with Crippen LogP contribution < -0.4 is 5.32 Å². The molecule has 146 valence electrons. The van der Waals surface area contributed by atoms with Gasteiger partial charge in [-0.1, -0.05) is 29.8 Å². The number of hydrogen-bond donors (Lipinski definition) is 1. The Labute approximate surface area is 168 Å². The highest BCUT2D eigenvalue weighted by Gasteiger charge is 2.23.